The zero-order valence-electron chi connectivity index (χ0n) is 14.0. The van der Waals surface area contributed by atoms with Crippen molar-refractivity contribution in [3.8, 4) is 11.5 Å². The Morgan fingerprint density at radius 1 is 1.12 bits per heavy atom. The Hall–Kier alpha value is -2.55. The second-order valence-electron chi connectivity index (χ2n) is 5.70. The van der Waals surface area contributed by atoms with E-state index in [2.05, 4.69) is 0 Å². The topological polar surface area (TPSA) is 82.1 Å². The maximum Gasteiger partial charge on any atom is 0.349 e. The lowest BCUT2D eigenvalue weighted by Gasteiger charge is -2.33. The van der Waals surface area contributed by atoms with Crippen LogP contribution in [0.15, 0.2) is 48.0 Å². The van der Waals surface area contributed by atoms with Crippen LogP contribution in [0.5, 0.6) is 11.5 Å². The van der Waals surface area contributed by atoms with Crippen LogP contribution in [0.4, 0.5) is 0 Å². The van der Waals surface area contributed by atoms with Gasteiger partial charge in [0.15, 0.2) is 11.5 Å². The molecule has 2 aromatic carbocycles. The molecule has 134 valence electrons. The van der Waals surface area contributed by atoms with E-state index in [9.17, 15) is 14.7 Å². The SMILES string of the molecule is COc1cc(C=C2C(=O)OC(C)(c3ccccc3)OC2=O)cc(I)c1O. The number of esters is 2. The first-order valence-electron chi connectivity index (χ1n) is 7.64. The highest BCUT2D eigenvalue weighted by molar-refractivity contribution is 14.1. The standard InChI is InChI=1S/C19H15IO6/c1-19(12-6-4-3-5-7-12)25-17(22)13(18(23)26-19)8-11-9-14(20)16(21)15(10-11)24-2/h3-10,21H,1-2H3. The van der Waals surface area contributed by atoms with Crippen molar-refractivity contribution in [3.05, 3.63) is 62.7 Å². The summed E-state index contributed by atoms with van der Waals surface area (Å²) in [5.41, 5.74) is 0.819. The van der Waals surface area contributed by atoms with Crippen LogP contribution in [0.25, 0.3) is 6.08 Å². The molecule has 1 N–H and O–H groups in total. The Bertz CT molecular complexity index is 884. The molecule has 1 saturated heterocycles. The molecule has 1 fully saturated rings. The highest BCUT2D eigenvalue weighted by atomic mass is 127. The van der Waals surface area contributed by atoms with Crippen LogP contribution in [-0.2, 0) is 24.8 Å². The van der Waals surface area contributed by atoms with Crippen LogP contribution in [0.3, 0.4) is 0 Å². The summed E-state index contributed by atoms with van der Waals surface area (Å²) in [7, 11) is 1.41. The van der Waals surface area contributed by atoms with Crippen molar-refractivity contribution in [2.45, 2.75) is 12.7 Å². The molecule has 3 rings (SSSR count). The molecule has 0 spiro atoms. The Balaban J connectivity index is 1.94. The monoisotopic (exact) mass is 466 g/mol. The molecular formula is C19H15IO6. The summed E-state index contributed by atoms with van der Waals surface area (Å²) in [5, 5.41) is 9.89. The molecule has 0 aliphatic carbocycles. The Morgan fingerprint density at radius 2 is 1.73 bits per heavy atom. The molecule has 0 saturated carbocycles. The molecule has 26 heavy (non-hydrogen) atoms. The molecule has 7 heteroatoms. The summed E-state index contributed by atoms with van der Waals surface area (Å²) >= 11 is 1.93. The summed E-state index contributed by atoms with van der Waals surface area (Å²) in [6, 6.07) is 11.9. The fourth-order valence-electron chi connectivity index (χ4n) is 2.54. The number of hydrogen-bond donors (Lipinski definition) is 1. The zero-order valence-corrected chi connectivity index (χ0v) is 16.1. The van der Waals surface area contributed by atoms with Crippen LogP contribution in [0.1, 0.15) is 18.1 Å². The highest BCUT2D eigenvalue weighted by Crippen LogP contribution is 2.36. The van der Waals surface area contributed by atoms with E-state index in [0.717, 1.165) is 0 Å². The van der Waals surface area contributed by atoms with Crippen LogP contribution < -0.4 is 4.74 Å². The molecule has 0 unspecified atom stereocenters. The summed E-state index contributed by atoms with van der Waals surface area (Å²) in [4.78, 5) is 24.9. The zero-order chi connectivity index (χ0) is 18.9. The molecule has 2 aromatic rings. The van der Waals surface area contributed by atoms with Gasteiger partial charge in [-0.2, -0.15) is 0 Å². The second kappa shape index (κ2) is 6.99. The van der Waals surface area contributed by atoms with E-state index in [1.54, 1.807) is 30.3 Å². The smallest absolute Gasteiger partial charge is 0.349 e. The van der Waals surface area contributed by atoms with E-state index in [4.69, 9.17) is 14.2 Å². The van der Waals surface area contributed by atoms with E-state index in [1.807, 2.05) is 28.7 Å². The van der Waals surface area contributed by atoms with Crippen LogP contribution in [0, 0.1) is 3.57 Å². The number of halogens is 1. The number of hydrogen-bond acceptors (Lipinski definition) is 6. The van der Waals surface area contributed by atoms with Crippen molar-refractivity contribution >= 4 is 40.6 Å². The Kier molecular flexibility index (Phi) is 4.90. The average molecular weight is 466 g/mol. The summed E-state index contributed by atoms with van der Waals surface area (Å²) < 4.78 is 16.4. The second-order valence-corrected chi connectivity index (χ2v) is 6.86. The van der Waals surface area contributed by atoms with Gasteiger partial charge in [0.1, 0.15) is 5.57 Å². The fourth-order valence-corrected chi connectivity index (χ4v) is 3.17. The van der Waals surface area contributed by atoms with Gasteiger partial charge in [0, 0.05) is 12.5 Å². The largest absolute Gasteiger partial charge is 0.504 e. The molecule has 0 aromatic heterocycles. The Morgan fingerprint density at radius 3 is 2.31 bits per heavy atom. The van der Waals surface area contributed by atoms with Crippen molar-refractivity contribution in [3.63, 3.8) is 0 Å². The molecular weight excluding hydrogens is 451 g/mol. The third kappa shape index (κ3) is 3.39. The maximum atomic E-state index is 12.4. The van der Waals surface area contributed by atoms with Crippen molar-refractivity contribution in [2.75, 3.05) is 7.11 Å². The average Bonchev–Trinajstić information content (AvgIpc) is 2.61. The van der Waals surface area contributed by atoms with Crippen molar-refractivity contribution in [1.82, 2.24) is 0 Å². The lowest BCUT2D eigenvalue weighted by atomic mass is 10.0. The number of ether oxygens (including phenoxy) is 3. The first-order valence-corrected chi connectivity index (χ1v) is 8.72. The van der Waals surface area contributed by atoms with E-state index in [1.165, 1.54) is 26.2 Å². The molecule has 1 aliphatic rings. The number of carbonyl (C=O) groups is 2. The molecule has 0 bridgehead atoms. The lowest BCUT2D eigenvalue weighted by Crippen LogP contribution is -2.42. The van der Waals surface area contributed by atoms with Gasteiger partial charge >= 0.3 is 11.9 Å². The number of rotatable bonds is 3. The Labute approximate surface area is 163 Å². The van der Waals surface area contributed by atoms with Crippen molar-refractivity contribution in [1.29, 1.82) is 0 Å². The maximum absolute atomic E-state index is 12.4. The van der Waals surface area contributed by atoms with Crippen molar-refractivity contribution < 1.29 is 28.9 Å². The van der Waals surface area contributed by atoms with Gasteiger partial charge in [0.05, 0.1) is 10.7 Å². The van der Waals surface area contributed by atoms with E-state index < -0.39 is 17.7 Å². The van der Waals surface area contributed by atoms with Gasteiger partial charge in [-0.25, -0.2) is 9.59 Å². The minimum Gasteiger partial charge on any atom is -0.504 e. The number of cyclic esters (lactones) is 2. The predicted molar refractivity (Wildman–Crippen MR) is 101 cm³/mol. The lowest BCUT2D eigenvalue weighted by molar-refractivity contribution is -0.233. The molecule has 1 heterocycles. The minimum absolute atomic E-state index is 0.0132. The van der Waals surface area contributed by atoms with Crippen LogP contribution >= 0.6 is 22.6 Å². The van der Waals surface area contributed by atoms with E-state index in [-0.39, 0.29) is 17.1 Å². The van der Waals surface area contributed by atoms with Gasteiger partial charge in [-0.05, 0) is 46.4 Å². The quantitative estimate of drug-likeness (QED) is 0.324. The number of aromatic hydroxyl groups is 1. The van der Waals surface area contributed by atoms with Gasteiger partial charge in [-0.1, -0.05) is 30.3 Å². The fraction of sp³-hybridized carbons (Fsp3) is 0.158. The molecule has 0 radical (unpaired) electrons. The normalized spacial score (nSPS) is 19.6. The molecule has 0 atom stereocenters. The summed E-state index contributed by atoms with van der Waals surface area (Å²) in [6.07, 6.45) is 1.35. The van der Waals surface area contributed by atoms with Crippen LogP contribution in [0.2, 0.25) is 0 Å². The number of methoxy groups -OCH3 is 1. The van der Waals surface area contributed by atoms with Gasteiger partial charge < -0.3 is 19.3 Å². The number of phenols is 1. The summed E-state index contributed by atoms with van der Waals surface area (Å²) in [6.45, 7) is 1.52. The number of phenolic OH excluding ortho intramolecular Hbond substituents is 1. The third-order valence-corrected chi connectivity index (χ3v) is 4.72. The summed E-state index contributed by atoms with van der Waals surface area (Å²) in [5.74, 6) is -2.83. The third-order valence-electron chi connectivity index (χ3n) is 3.89. The highest BCUT2D eigenvalue weighted by Gasteiger charge is 2.43. The van der Waals surface area contributed by atoms with Crippen LogP contribution in [-0.4, -0.2) is 24.2 Å². The minimum atomic E-state index is -1.48. The van der Waals surface area contributed by atoms with Gasteiger partial charge in [-0.3, -0.25) is 0 Å². The first-order chi connectivity index (χ1) is 12.3. The first kappa shape index (κ1) is 18.2. The molecule has 0 amide bonds. The van der Waals surface area contributed by atoms with Gasteiger partial charge in [0.25, 0.3) is 5.79 Å². The van der Waals surface area contributed by atoms with Crippen molar-refractivity contribution in [2.24, 2.45) is 0 Å². The van der Waals surface area contributed by atoms with Gasteiger partial charge in [-0.15, -0.1) is 0 Å². The predicted octanol–water partition coefficient (Wildman–Crippen LogP) is 3.36. The molecule has 6 nitrogen and oxygen atoms in total. The van der Waals surface area contributed by atoms with Gasteiger partial charge in [0.2, 0.25) is 0 Å². The van der Waals surface area contributed by atoms with E-state index in [0.29, 0.717) is 14.7 Å². The number of carbonyl (C=O) groups excluding carboxylic acids is 2. The molecule has 1 aliphatic heterocycles. The van der Waals surface area contributed by atoms with E-state index >= 15 is 0 Å². The number of benzene rings is 2.